The molecule has 1 aliphatic heterocycles. The van der Waals surface area contributed by atoms with Crippen LogP contribution in [-0.2, 0) is 17.8 Å². The van der Waals surface area contributed by atoms with Gasteiger partial charge in [0.1, 0.15) is 12.2 Å². The van der Waals surface area contributed by atoms with Gasteiger partial charge in [0.2, 0.25) is 0 Å². The van der Waals surface area contributed by atoms with Crippen molar-refractivity contribution in [3.05, 3.63) is 81.6 Å². The Kier molecular flexibility index (Phi) is 7.33. The van der Waals surface area contributed by atoms with Crippen molar-refractivity contribution in [1.82, 2.24) is 9.88 Å². The molecule has 1 aliphatic rings. The lowest BCUT2D eigenvalue weighted by Crippen LogP contribution is -2.33. The van der Waals surface area contributed by atoms with Crippen molar-refractivity contribution in [2.75, 3.05) is 27.4 Å². The largest absolute Gasteiger partial charge is 0.493 e. The maximum absolute atomic E-state index is 12.9. The van der Waals surface area contributed by atoms with Gasteiger partial charge in [-0.05, 0) is 36.1 Å². The van der Waals surface area contributed by atoms with Crippen molar-refractivity contribution >= 4 is 5.91 Å². The zero-order valence-electron chi connectivity index (χ0n) is 19.8. The van der Waals surface area contributed by atoms with E-state index in [4.69, 9.17) is 14.2 Å². The lowest BCUT2D eigenvalue weighted by atomic mass is 9.90. The van der Waals surface area contributed by atoms with Gasteiger partial charge in [0.25, 0.3) is 5.91 Å². The van der Waals surface area contributed by atoms with Gasteiger partial charge < -0.3 is 24.1 Å². The van der Waals surface area contributed by atoms with Crippen LogP contribution in [0.25, 0.3) is 11.3 Å². The number of carbonyl (C=O) groups excluding carboxylic acids is 1. The molecule has 34 heavy (non-hydrogen) atoms. The van der Waals surface area contributed by atoms with Gasteiger partial charge in [0.05, 0.1) is 19.4 Å². The van der Waals surface area contributed by atoms with Crippen LogP contribution in [0.4, 0.5) is 0 Å². The average Bonchev–Trinajstić information content (AvgIpc) is 2.86. The molecule has 7 nitrogen and oxygen atoms in total. The summed E-state index contributed by atoms with van der Waals surface area (Å²) in [4.78, 5) is 25.5. The number of benzene rings is 2. The molecular formula is C27H30N2O5. The summed E-state index contributed by atoms with van der Waals surface area (Å²) >= 11 is 0. The summed E-state index contributed by atoms with van der Waals surface area (Å²) in [5, 5.41) is 2.74. The molecule has 1 atom stereocenters. The van der Waals surface area contributed by atoms with E-state index in [9.17, 15) is 9.59 Å². The van der Waals surface area contributed by atoms with E-state index in [-0.39, 0.29) is 22.9 Å². The Morgan fingerprint density at radius 3 is 2.62 bits per heavy atom. The first-order chi connectivity index (χ1) is 16.5. The highest BCUT2D eigenvalue weighted by molar-refractivity contribution is 5.94. The second-order valence-electron chi connectivity index (χ2n) is 8.29. The van der Waals surface area contributed by atoms with Crippen LogP contribution in [0.3, 0.4) is 0 Å². The molecule has 1 unspecified atom stereocenters. The standard InChI is InChI=1S/C27H30N2O5/c1-4-20-12-19-13-26(34-17-18-8-6-5-7-9-18)25(33-3)14-21(19)23-15-24(30)22(16-29(20)23)27(31)28-10-11-32-2/h5-9,13-16,20H,4,10-12,17H2,1-3H3,(H,28,31). The number of rotatable bonds is 9. The van der Waals surface area contributed by atoms with Crippen molar-refractivity contribution in [3.8, 4) is 22.8 Å². The summed E-state index contributed by atoms with van der Waals surface area (Å²) < 4.78 is 18.7. The predicted molar refractivity (Wildman–Crippen MR) is 131 cm³/mol. The number of methoxy groups -OCH3 is 2. The van der Waals surface area contributed by atoms with E-state index in [2.05, 4.69) is 12.2 Å². The minimum absolute atomic E-state index is 0.115. The van der Waals surface area contributed by atoms with Crippen LogP contribution in [0.15, 0.2) is 59.5 Å². The predicted octanol–water partition coefficient (Wildman–Crippen LogP) is 3.99. The fourth-order valence-electron chi connectivity index (χ4n) is 4.31. The number of carbonyl (C=O) groups is 1. The molecule has 0 saturated carbocycles. The Balaban J connectivity index is 1.70. The van der Waals surface area contributed by atoms with Gasteiger partial charge in [-0.2, -0.15) is 0 Å². The molecule has 1 aromatic heterocycles. The van der Waals surface area contributed by atoms with Gasteiger partial charge in [-0.3, -0.25) is 9.59 Å². The third kappa shape index (κ3) is 4.84. The summed E-state index contributed by atoms with van der Waals surface area (Å²) in [7, 11) is 3.17. The molecule has 0 aliphatic carbocycles. The number of nitrogens with zero attached hydrogens (tertiary/aromatic N) is 1. The van der Waals surface area contributed by atoms with Gasteiger partial charge >= 0.3 is 0 Å². The normalized spacial score (nSPS) is 14.1. The number of nitrogens with one attached hydrogen (secondary N) is 1. The zero-order valence-corrected chi connectivity index (χ0v) is 19.8. The molecular weight excluding hydrogens is 432 g/mol. The molecule has 0 fully saturated rings. The molecule has 1 amide bonds. The molecule has 2 heterocycles. The SMILES string of the molecule is CCC1Cc2cc(OCc3ccccc3)c(OC)cc2-c2cc(=O)c(C(=O)NCCOC)cn21. The van der Waals surface area contributed by atoms with Crippen LogP contribution in [0.1, 0.15) is 40.9 Å². The monoisotopic (exact) mass is 462 g/mol. The summed E-state index contributed by atoms with van der Waals surface area (Å²) in [6, 6.07) is 15.6. The zero-order chi connectivity index (χ0) is 24.1. The molecule has 0 radical (unpaired) electrons. The Morgan fingerprint density at radius 2 is 1.91 bits per heavy atom. The number of ether oxygens (including phenoxy) is 3. The molecule has 0 saturated heterocycles. The average molecular weight is 463 g/mol. The van der Waals surface area contributed by atoms with Crippen molar-refractivity contribution < 1.29 is 19.0 Å². The van der Waals surface area contributed by atoms with E-state index in [1.54, 1.807) is 26.5 Å². The van der Waals surface area contributed by atoms with Crippen LogP contribution < -0.4 is 20.2 Å². The van der Waals surface area contributed by atoms with Crippen LogP contribution >= 0.6 is 0 Å². The lowest BCUT2D eigenvalue weighted by molar-refractivity contribution is 0.0935. The Hall–Kier alpha value is -3.58. The van der Waals surface area contributed by atoms with Crippen molar-refractivity contribution in [1.29, 1.82) is 0 Å². The third-order valence-electron chi connectivity index (χ3n) is 6.14. The van der Waals surface area contributed by atoms with Crippen molar-refractivity contribution in [2.45, 2.75) is 32.4 Å². The van der Waals surface area contributed by atoms with E-state index >= 15 is 0 Å². The maximum Gasteiger partial charge on any atom is 0.256 e. The third-order valence-corrected chi connectivity index (χ3v) is 6.14. The van der Waals surface area contributed by atoms with Crippen LogP contribution in [-0.4, -0.2) is 37.8 Å². The number of aromatic nitrogens is 1. The van der Waals surface area contributed by atoms with Crippen LogP contribution in [0.2, 0.25) is 0 Å². The summed E-state index contributed by atoms with van der Waals surface area (Å²) in [5.74, 6) is 0.884. The number of hydrogen-bond donors (Lipinski definition) is 1. The second-order valence-corrected chi connectivity index (χ2v) is 8.29. The smallest absolute Gasteiger partial charge is 0.256 e. The fourth-order valence-corrected chi connectivity index (χ4v) is 4.31. The van der Waals surface area contributed by atoms with Gasteiger partial charge in [-0.1, -0.05) is 37.3 Å². The Labute approximate surface area is 199 Å². The van der Waals surface area contributed by atoms with E-state index < -0.39 is 0 Å². The van der Waals surface area contributed by atoms with Gasteiger partial charge in [0, 0.05) is 37.5 Å². The molecule has 2 aromatic carbocycles. The molecule has 0 bridgehead atoms. The maximum atomic E-state index is 12.9. The number of amides is 1. The summed E-state index contributed by atoms with van der Waals surface area (Å²) in [5.41, 5.74) is 3.68. The van der Waals surface area contributed by atoms with Gasteiger partial charge in [-0.25, -0.2) is 0 Å². The van der Waals surface area contributed by atoms with E-state index in [1.165, 1.54) is 0 Å². The van der Waals surface area contributed by atoms with Crippen LogP contribution in [0.5, 0.6) is 11.5 Å². The topological polar surface area (TPSA) is 78.8 Å². The lowest BCUT2D eigenvalue weighted by Gasteiger charge is -2.31. The van der Waals surface area contributed by atoms with Crippen molar-refractivity contribution in [2.24, 2.45) is 0 Å². The highest BCUT2D eigenvalue weighted by Crippen LogP contribution is 2.41. The molecule has 3 aromatic rings. The quantitative estimate of drug-likeness (QED) is 0.487. The van der Waals surface area contributed by atoms with E-state index in [1.807, 2.05) is 47.0 Å². The minimum atomic E-state index is -0.389. The Morgan fingerprint density at radius 1 is 1.12 bits per heavy atom. The molecule has 7 heteroatoms. The number of pyridine rings is 1. The first kappa shape index (κ1) is 23.6. The summed E-state index contributed by atoms with van der Waals surface area (Å²) in [6.45, 7) is 3.27. The van der Waals surface area contributed by atoms with E-state index in [0.29, 0.717) is 31.3 Å². The van der Waals surface area contributed by atoms with Crippen molar-refractivity contribution in [3.63, 3.8) is 0 Å². The Bertz CT molecular complexity index is 1220. The number of hydrogen-bond acceptors (Lipinski definition) is 5. The molecule has 1 N–H and O–H groups in total. The first-order valence-electron chi connectivity index (χ1n) is 11.5. The highest BCUT2D eigenvalue weighted by Gasteiger charge is 2.27. The molecule has 4 rings (SSSR count). The highest BCUT2D eigenvalue weighted by atomic mass is 16.5. The summed E-state index contributed by atoms with van der Waals surface area (Å²) in [6.07, 6.45) is 3.30. The minimum Gasteiger partial charge on any atom is -0.493 e. The fraction of sp³-hybridized carbons (Fsp3) is 0.333. The second kappa shape index (κ2) is 10.6. The van der Waals surface area contributed by atoms with Gasteiger partial charge in [0.15, 0.2) is 16.9 Å². The van der Waals surface area contributed by atoms with Gasteiger partial charge in [-0.15, -0.1) is 0 Å². The number of fused-ring (bicyclic) bond motifs is 3. The molecule has 178 valence electrons. The van der Waals surface area contributed by atoms with Crippen LogP contribution in [0, 0.1) is 0 Å². The molecule has 0 spiro atoms. The first-order valence-corrected chi connectivity index (χ1v) is 11.5. The van der Waals surface area contributed by atoms with E-state index in [0.717, 1.165) is 35.2 Å².